The van der Waals surface area contributed by atoms with Gasteiger partial charge in [-0.1, -0.05) is 52.9 Å². The standard InChI is InChI=1S/C27H22N6O2S/c1-19-8-12-21(13-9-19)33-24(18-36-27-28-16-5-17-29-27)25(31-32-33)26(34)30-20-10-14-23(15-11-20)35-22-6-3-2-4-7-22/h2-17H,18H2,1H3,(H,30,34). The number of hydrogen-bond donors (Lipinski definition) is 1. The molecule has 0 bridgehead atoms. The molecule has 0 spiro atoms. The summed E-state index contributed by atoms with van der Waals surface area (Å²) in [6.45, 7) is 2.02. The Morgan fingerprint density at radius 2 is 1.58 bits per heavy atom. The summed E-state index contributed by atoms with van der Waals surface area (Å²) in [5.74, 6) is 1.47. The number of para-hydroxylation sites is 1. The Morgan fingerprint density at radius 1 is 0.889 bits per heavy atom. The largest absolute Gasteiger partial charge is 0.457 e. The van der Waals surface area contributed by atoms with Crippen molar-refractivity contribution in [1.29, 1.82) is 0 Å². The first-order valence-corrected chi connectivity index (χ1v) is 12.2. The smallest absolute Gasteiger partial charge is 0.278 e. The molecule has 8 nitrogen and oxygen atoms in total. The maximum absolute atomic E-state index is 13.2. The number of ether oxygens (including phenoxy) is 1. The third-order valence-corrected chi connectivity index (χ3v) is 6.11. The van der Waals surface area contributed by atoms with Crippen molar-refractivity contribution in [3.05, 3.63) is 114 Å². The molecule has 0 atom stereocenters. The van der Waals surface area contributed by atoms with Crippen LogP contribution in [0, 0.1) is 6.92 Å². The number of hydrogen-bond acceptors (Lipinski definition) is 7. The zero-order valence-corrected chi connectivity index (χ0v) is 20.2. The number of anilines is 1. The Balaban J connectivity index is 1.36. The molecule has 5 aromatic rings. The van der Waals surface area contributed by atoms with Crippen LogP contribution in [0.2, 0.25) is 0 Å². The van der Waals surface area contributed by atoms with E-state index in [1.165, 1.54) is 11.8 Å². The number of aryl methyl sites for hydroxylation is 1. The highest BCUT2D eigenvalue weighted by Gasteiger charge is 2.21. The average molecular weight is 495 g/mol. The number of carbonyl (C=O) groups is 1. The van der Waals surface area contributed by atoms with Crippen LogP contribution in [0.15, 0.2) is 102 Å². The predicted molar refractivity (Wildman–Crippen MR) is 139 cm³/mol. The minimum atomic E-state index is -0.352. The lowest BCUT2D eigenvalue weighted by atomic mass is 10.2. The molecule has 0 aliphatic carbocycles. The fourth-order valence-electron chi connectivity index (χ4n) is 3.41. The lowest BCUT2D eigenvalue weighted by molar-refractivity contribution is 0.102. The molecule has 2 aromatic heterocycles. The van der Waals surface area contributed by atoms with Crippen LogP contribution < -0.4 is 10.1 Å². The Kier molecular flexibility index (Phi) is 7.00. The van der Waals surface area contributed by atoms with Gasteiger partial charge in [0.15, 0.2) is 10.9 Å². The fourth-order valence-corrected chi connectivity index (χ4v) is 4.21. The molecule has 0 saturated carbocycles. The van der Waals surface area contributed by atoms with Crippen molar-refractivity contribution >= 4 is 23.4 Å². The van der Waals surface area contributed by atoms with E-state index in [4.69, 9.17) is 4.74 Å². The highest BCUT2D eigenvalue weighted by molar-refractivity contribution is 7.98. The number of carbonyl (C=O) groups excluding carboxylic acids is 1. The zero-order valence-electron chi connectivity index (χ0n) is 19.4. The normalized spacial score (nSPS) is 10.7. The molecule has 1 N–H and O–H groups in total. The van der Waals surface area contributed by atoms with Gasteiger partial charge in [0, 0.05) is 23.8 Å². The van der Waals surface area contributed by atoms with E-state index in [2.05, 4.69) is 25.6 Å². The first-order chi connectivity index (χ1) is 17.7. The highest BCUT2D eigenvalue weighted by Crippen LogP contribution is 2.25. The average Bonchev–Trinajstić information content (AvgIpc) is 3.34. The van der Waals surface area contributed by atoms with Gasteiger partial charge in [0.25, 0.3) is 5.91 Å². The number of nitrogens with one attached hydrogen (secondary N) is 1. The van der Waals surface area contributed by atoms with Crippen LogP contribution in [0.5, 0.6) is 11.5 Å². The van der Waals surface area contributed by atoms with Gasteiger partial charge in [0.2, 0.25) is 0 Å². The van der Waals surface area contributed by atoms with Gasteiger partial charge >= 0.3 is 0 Å². The molecular formula is C27H22N6O2S. The van der Waals surface area contributed by atoms with Gasteiger partial charge in [-0.3, -0.25) is 4.79 Å². The molecule has 0 saturated heterocycles. The molecule has 2 heterocycles. The van der Waals surface area contributed by atoms with E-state index in [9.17, 15) is 4.79 Å². The van der Waals surface area contributed by atoms with E-state index in [-0.39, 0.29) is 11.6 Å². The molecule has 3 aromatic carbocycles. The zero-order chi connectivity index (χ0) is 24.7. The van der Waals surface area contributed by atoms with Gasteiger partial charge in [-0.05, 0) is 61.5 Å². The molecule has 1 amide bonds. The first kappa shape index (κ1) is 23.3. The van der Waals surface area contributed by atoms with Crippen molar-refractivity contribution in [1.82, 2.24) is 25.0 Å². The van der Waals surface area contributed by atoms with Gasteiger partial charge in [-0.15, -0.1) is 5.10 Å². The van der Waals surface area contributed by atoms with Crippen molar-refractivity contribution in [3.63, 3.8) is 0 Å². The molecule has 0 aliphatic rings. The third-order valence-electron chi connectivity index (χ3n) is 5.23. The second kappa shape index (κ2) is 10.8. The number of benzene rings is 3. The van der Waals surface area contributed by atoms with Crippen molar-refractivity contribution < 1.29 is 9.53 Å². The van der Waals surface area contributed by atoms with E-state index >= 15 is 0 Å². The molecule has 36 heavy (non-hydrogen) atoms. The predicted octanol–water partition coefficient (Wildman–Crippen LogP) is 5.70. The van der Waals surface area contributed by atoms with Gasteiger partial charge in [0.05, 0.1) is 11.4 Å². The van der Waals surface area contributed by atoms with E-state index in [1.54, 1.807) is 47.4 Å². The quantitative estimate of drug-likeness (QED) is 0.218. The molecule has 5 rings (SSSR count). The van der Waals surface area contributed by atoms with E-state index in [1.807, 2.05) is 61.5 Å². The van der Waals surface area contributed by atoms with Crippen LogP contribution >= 0.6 is 11.8 Å². The molecule has 178 valence electrons. The van der Waals surface area contributed by atoms with Gasteiger partial charge in [-0.2, -0.15) is 0 Å². The molecule has 0 fully saturated rings. The minimum Gasteiger partial charge on any atom is -0.457 e. The second-order valence-electron chi connectivity index (χ2n) is 7.85. The summed E-state index contributed by atoms with van der Waals surface area (Å²) < 4.78 is 7.51. The van der Waals surface area contributed by atoms with Gasteiger partial charge < -0.3 is 10.1 Å². The minimum absolute atomic E-state index is 0.239. The molecule has 0 radical (unpaired) electrons. The molecular weight excluding hydrogens is 472 g/mol. The lowest BCUT2D eigenvalue weighted by Gasteiger charge is -2.09. The molecule has 9 heteroatoms. The number of nitrogens with zero attached hydrogens (tertiary/aromatic N) is 5. The number of rotatable bonds is 8. The highest BCUT2D eigenvalue weighted by atomic mass is 32.2. The summed E-state index contributed by atoms with van der Waals surface area (Å²) in [7, 11) is 0. The van der Waals surface area contributed by atoms with Gasteiger partial charge in [-0.25, -0.2) is 14.6 Å². The summed E-state index contributed by atoms with van der Waals surface area (Å²) in [6, 6.07) is 26.3. The number of aromatic nitrogens is 5. The Hall–Kier alpha value is -4.50. The summed E-state index contributed by atoms with van der Waals surface area (Å²) in [5, 5.41) is 12.0. The fraction of sp³-hybridized carbons (Fsp3) is 0.0741. The van der Waals surface area contributed by atoms with Crippen LogP contribution in [-0.2, 0) is 5.75 Å². The number of thioether (sulfide) groups is 1. The maximum atomic E-state index is 13.2. The van der Waals surface area contributed by atoms with Crippen LogP contribution in [0.4, 0.5) is 5.69 Å². The van der Waals surface area contributed by atoms with Crippen molar-refractivity contribution in [3.8, 4) is 17.2 Å². The summed E-state index contributed by atoms with van der Waals surface area (Å²) >= 11 is 1.41. The second-order valence-corrected chi connectivity index (χ2v) is 8.79. The van der Waals surface area contributed by atoms with E-state index < -0.39 is 0 Å². The Morgan fingerprint density at radius 3 is 2.31 bits per heavy atom. The van der Waals surface area contributed by atoms with Crippen LogP contribution in [0.1, 0.15) is 21.7 Å². The molecule has 0 unspecified atom stereocenters. The summed E-state index contributed by atoms with van der Waals surface area (Å²) in [4.78, 5) is 21.7. The third kappa shape index (κ3) is 5.59. The Labute approximate surface area is 212 Å². The first-order valence-electron chi connectivity index (χ1n) is 11.2. The SMILES string of the molecule is Cc1ccc(-n2nnc(C(=O)Nc3ccc(Oc4ccccc4)cc3)c2CSc2ncccn2)cc1. The van der Waals surface area contributed by atoms with Crippen molar-refractivity contribution in [2.45, 2.75) is 17.8 Å². The van der Waals surface area contributed by atoms with Crippen LogP contribution in [0.3, 0.4) is 0 Å². The van der Waals surface area contributed by atoms with E-state index in [0.29, 0.717) is 28.0 Å². The van der Waals surface area contributed by atoms with Crippen LogP contribution in [0.25, 0.3) is 5.69 Å². The Bertz CT molecular complexity index is 1440. The van der Waals surface area contributed by atoms with Crippen molar-refractivity contribution in [2.75, 3.05) is 5.32 Å². The molecule has 0 aliphatic heterocycles. The van der Waals surface area contributed by atoms with Gasteiger partial charge in [0.1, 0.15) is 11.5 Å². The topological polar surface area (TPSA) is 94.8 Å². The lowest BCUT2D eigenvalue weighted by Crippen LogP contribution is -2.15. The van der Waals surface area contributed by atoms with Crippen LogP contribution in [-0.4, -0.2) is 30.9 Å². The summed E-state index contributed by atoms with van der Waals surface area (Å²) in [5.41, 5.74) is 3.46. The van der Waals surface area contributed by atoms with E-state index in [0.717, 1.165) is 17.0 Å². The summed E-state index contributed by atoms with van der Waals surface area (Å²) in [6.07, 6.45) is 3.37. The number of amides is 1. The monoisotopic (exact) mass is 494 g/mol. The van der Waals surface area contributed by atoms with Crippen molar-refractivity contribution in [2.24, 2.45) is 0 Å². The maximum Gasteiger partial charge on any atom is 0.278 e.